The van der Waals surface area contributed by atoms with Crippen LogP contribution in [-0.2, 0) is 30.4 Å². The molecule has 0 aliphatic rings. The van der Waals surface area contributed by atoms with Crippen molar-refractivity contribution in [1.82, 2.24) is 16.0 Å². The van der Waals surface area contributed by atoms with Crippen LogP contribution < -0.4 is 21.7 Å². The number of carbonyl (C=O) groups excluding carboxylic acids is 3. The Bertz CT molecular complexity index is 914. The SMILES string of the molecule is CSCCC(NC(=O)C(N)CC(C)C)C(=O)NC(CCC(=O)O)C(=O)NC(Cc1ccccc1)C(=O)O. The lowest BCUT2D eigenvalue weighted by atomic mass is 10.0. The zero-order valence-corrected chi connectivity index (χ0v) is 22.3. The van der Waals surface area contributed by atoms with Crippen molar-refractivity contribution < 1.29 is 34.2 Å². The summed E-state index contributed by atoms with van der Waals surface area (Å²) in [4.78, 5) is 61.5. The Labute approximate surface area is 221 Å². The van der Waals surface area contributed by atoms with Gasteiger partial charge in [-0.05, 0) is 42.8 Å². The molecule has 0 saturated heterocycles. The summed E-state index contributed by atoms with van der Waals surface area (Å²) in [6.07, 6.45) is 1.82. The third kappa shape index (κ3) is 12.6. The van der Waals surface area contributed by atoms with E-state index in [1.807, 2.05) is 20.1 Å². The summed E-state index contributed by atoms with van der Waals surface area (Å²) >= 11 is 1.46. The van der Waals surface area contributed by atoms with Crippen LogP contribution in [0.5, 0.6) is 0 Å². The zero-order chi connectivity index (χ0) is 28.0. The second-order valence-electron chi connectivity index (χ2n) is 9.16. The third-order valence-corrected chi connectivity index (χ3v) is 6.13. The largest absolute Gasteiger partial charge is 0.481 e. The van der Waals surface area contributed by atoms with Crippen LogP contribution in [0.15, 0.2) is 30.3 Å². The van der Waals surface area contributed by atoms with Crippen LogP contribution in [0.25, 0.3) is 0 Å². The molecular weight excluding hydrogens is 500 g/mol. The molecule has 12 heteroatoms. The van der Waals surface area contributed by atoms with Gasteiger partial charge in [-0.2, -0.15) is 11.8 Å². The van der Waals surface area contributed by atoms with Crippen molar-refractivity contribution in [2.75, 3.05) is 12.0 Å². The summed E-state index contributed by atoms with van der Waals surface area (Å²) in [6, 6.07) is 4.26. The predicted octanol–water partition coefficient (Wildman–Crippen LogP) is 0.759. The number of nitrogens with one attached hydrogen (secondary N) is 3. The van der Waals surface area contributed by atoms with Gasteiger partial charge in [-0.1, -0.05) is 44.2 Å². The van der Waals surface area contributed by atoms with Gasteiger partial charge >= 0.3 is 11.9 Å². The fourth-order valence-electron chi connectivity index (χ4n) is 3.53. The van der Waals surface area contributed by atoms with Gasteiger partial charge in [0.2, 0.25) is 17.7 Å². The number of carboxylic acid groups (broad SMARTS) is 2. The molecule has 37 heavy (non-hydrogen) atoms. The second kappa shape index (κ2) is 16.6. The third-order valence-electron chi connectivity index (χ3n) is 5.48. The number of carboxylic acids is 2. The Morgan fingerprint density at radius 2 is 1.41 bits per heavy atom. The lowest BCUT2D eigenvalue weighted by molar-refractivity contribution is -0.143. The molecule has 11 nitrogen and oxygen atoms in total. The van der Waals surface area contributed by atoms with Gasteiger partial charge in [0.1, 0.15) is 18.1 Å². The number of carbonyl (C=O) groups is 5. The van der Waals surface area contributed by atoms with Crippen LogP contribution in [0.2, 0.25) is 0 Å². The Balaban J connectivity index is 3.01. The maximum absolute atomic E-state index is 13.1. The molecule has 0 aliphatic heterocycles. The van der Waals surface area contributed by atoms with E-state index in [9.17, 15) is 29.1 Å². The van der Waals surface area contributed by atoms with Gasteiger partial charge in [0.25, 0.3) is 0 Å². The summed E-state index contributed by atoms with van der Waals surface area (Å²) in [5.74, 6) is -3.77. The zero-order valence-electron chi connectivity index (χ0n) is 21.4. The maximum Gasteiger partial charge on any atom is 0.326 e. The lowest BCUT2D eigenvalue weighted by Crippen LogP contribution is -2.57. The van der Waals surface area contributed by atoms with E-state index in [2.05, 4.69) is 16.0 Å². The molecule has 0 spiro atoms. The van der Waals surface area contributed by atoms with Crippen LogP contribution >= 0.6 is 11.8 Å². The van der Waals surface area contributed by atoms with Crippen molar-refractivity contribution in [2.45, 2.75) is 70.1 Å². The quantitative estimate of drug-likeness (QED) is 0.166. The molecule has 0 fully saturated rings. The number of rotatable bonds is 17. The average molecular weight is 539 g/mol. The van der Waals surface area contributed by atoms with E-state index >= 15 is 0 Å². The van der Waals surface area contributed by atoms with Crippen LogP contribution in [0.4, 0.5) is 0 Å². The Hall–Kier alpha value is -3.12. The molecular formula is C25H38N4O7S. The monoisotopic (exact) mass is 538 g/mol. The standard InChI is InChI=1S/C25H38N4O7S/c1-15(2)13-17(26)22(32)27-19(11-12-37-3)24(34)28-18(9-10-21(30)31)23(33)29-20(25(35)36)14-16-7-5-4-6-8-16/h4-8,15,17-20H,9-14,26H2,1-3H3,(H,27,32)(H,28,34)(H,29,33)(H,30,31)(H,35,36). The highest BCUT2D eigenvalue weighted by Crippen LogP contribution is 2.08. The second-order valence-corrected chi connectivity index (χ2v) is 10.1. The summed E-state index contributed by atoms with van der Waals surface area (Å²) in [7, 11) is 0. The van der Waals surface area contributed by atoms with E-state index in [4.69, 9.17) is 10.8 Å². The van der Waals surface area contributed by atoms with E-state index in [1.54, 1.807) is 30.3 Å². The van der Waals surface area contributed by atoms with Gasteiger partial charge in [-0.3, -0.25) is 19.2 Å². The minimum absolute atomic E-state index is 0.00164. The van der Waals surface area contributed by atoms with E-state index in [0.717, 1.165) is 0 Å². The highest BCUT2D eigenvalue weighted by molar-refractivity contribution is 7.98. The highest BCUT2D eigenvalue weighted by Gasteiger charge is 2.30. The highest BCUT2D eigenvalue weighted by atomic mass is 32.2. The summed E-state index contributed by atoms with van der Waals surface area (Å²) in [5, 5.41) is 26.2. The molecule has 0 saturated carbocycles. The summed E-state index contributed by atoms with van der Waals surface area (Å²) in [5.41, 5.74) is 6.62. The summed E-state index contributed by atoms with van der Waals surface area (Å²) < 4.78 is 0. The number of amides is 3. The van der Waals surface area contributed by atoms with Gasteiger partial charge in [0, 0.05) is 12.8 Å². The van der Waals surface area contributed by atoms with E-state index in [-0.39, 0.29) is 25.2 Å². The Kier molecular flexibility index (Phi) is 14.3. The van der Waals surface area contributed by atoms with Gasteiger partial charge < -0.3 is 31.9 Å². The van der Waals surface area contributed by atoms with Gasteiger partial charge in [0.15, 0.2) is 0 Å². The minimum atomic E-state index is -1.32. The number of hydrogen-bond acceptors (Lipinski definition) is 7. The smallest absolute Gasteiger partial charge is 0.326 e. The van der Waals surface area contributed by atoms with Crippen molar-refractivity contribution in [3.05, 3.63) is 35.9 Å². The van der Waals surface area contributed by atoms with Crippen molar-refractivity contribution in [2.24, 2.45) is 11.7 Å². The molecule has 0 heterocycles. The minimum Gasteiger partial charge on any atom is -0.481 e. The fraction of sp³-hybridized carbons (Fsp3) is 0.560. The first-order valence-corrected chi connectivity index (χ1v) is 13.5. The first-order chi connectivity index (χ1) is 17.4. The molecule has 4 atom stereocenters. The molecule has 206 valence electrons. The fourth-order valence-corrected chi connectivity index (χ4v) is 4.00. The molecule has 0 bridgehead atoms. The first kappa shape index (κ1) is 31.9. The molecule has 0 radical (unpaired) electrons. The number of hydrogen-bond donors (Lipinski definition) is 6. The first-order valence-electron chi connectivity index (χ1n) is 12.1. The normalized spacial score (nSPS) is 14.2. The van der Waals surface area contributed by atoms with E-state index in [0.29, 0.717) is 17.7 Å². The van der Waals surface area contributed by atoms with Crippen LogP contribution in [0.1, 0.15) is 45.1 Å². The predicted molar refractivity (Wildman–Crippen MR) is 141 cm³/mol. The van der Waals surface area contributed by atoms with Gasteiger partial charge in [-0.25, -0.2) is 4.79 Å². The summed E-state index contributed by atoms with van der Waals surface area (Å²) in [6.45, 7) is 3.83. The van der Waals surface area contributed by atoms with Gasteiger partial charge in [-0.15, -0.1) is 0 Å². The van der Waals surface area contributed by atoms with Crippen molar-refractivity contribution >= 4 is 41.4 Å². The van der Waals surface area contributed by atoms with E-state index in [1.165, 1.54) is 11.8 Å². The van der Waals surface area contributed by atoms with Gasteiger partial charge in [0.05, 0.1) is 6.04 Å². The van der Waals surface area contributed by atoms with Crippen molar-refractivity contribution in [3.8, 4) is 0 Å². The average Bonchev–Trinajstić information content (AvgIpc) is 2.83. The number of benzene rings is 1. The molecule has 7 N–H and O–H groups in total. The van der Waals surface area contributed by atoms with Crippen molar-refractivity contribution in [3.63, 3.8) is 0 Å². The van der Waals surface area contributed by atoms with Crippen LogP contribution in [-0.4, -0.2) is 76.0 Å². The molecule has 0 aromatic heterocycles. The molecule has 4 unspecified atom stereocenters. The number of aliphatic carboxylic acids is 2. The lowest BCUT2D eigenvalue weighted by Gasteiger charge is -2.25. The molecule has 0 aliphatic carbocycles. The number of nitrogens with two attached hydrogens (primary N) is 1. The molecule has 1 rings (SSSR count). The van der Waals surface area contributed by atoms with Crippen molar-refractivity contribution in [1.29, 1.82) is 0 Å². The Morgan fingerprint density at radius 3 is 1.92 bits per heavy atom. The van der Waals surface area contributed by atoms with Crippen LogP contribution in [0.3, 0.4) is 0 Å². The topological polar surface area (TPSA) is 188 Å². The Morgan fingerprint density at radius 1 is 0.865 bits per heavy atom. The molecule has 1 aromatic carbocycles. The molecule has 1 aromatic rings. The molecule has 3 amide bonds. The number of thioether (sulfide) groups is 1. The van der Waals surface area contributed by atoms with Crippen LogP contribution in [0, 0.1) is 5.92 Å². The van der Waals surface area contributed by atoms with E-state index < -0.39 is 60.2 Å². The maximum atomic E-state index is 13.1.